The first-order chi connectivity index (χ1) is 12.1. The minimum absolute atomic E-state index is 0.167. The molecule has 26 heavy (non-hydrogen) atoms. The fraction of sp³-hybridized carbons (Fsp3) is 0.684. The number of ether oxygens (including phenoxy) is 1. The molecule has 0 unspecified atom stereocenters. The normalized spacial score (nSPS) is 27.2. The zero-order chi connectivity index (χ0) is 18.7. The molecule has 0 spiro atoms. The van der Waals surface area contributed by atoms with Crippen molar-refractivity contribution >= 4 is 27.8 Å². The van der Waals surface area contributed by atoms with Gasteiger partial charge in [-0.1, -0.05) is 13.8 Å². The number of nitrogens with zero attached hydrogens (tertiary/aromatic N) is 3. The standard InChI is InChI=1S/C19H26N4O2S/c1-11(2)18-7-19(8-18,9-18)14-13-15(26-10-21-13)23-12(22-14)6-20-16(24)25-17(3,4)5/h10-11H,6-9H2,1-5H3,(H,20,24). The number of fused-ring (bicyclic) bond motifs is 1. The van der Waals surface area contributed by atoms with Crippen LogP contribution >= 0.6 is 11.3 Å². The fourth-order valence-corrected chi connectivity index (χ4v) is 5.13. The van der Waals surface area contributed by atoms with Crippen LogP contribution in [0.3, 0.4) is 0 Å². The van der Waals surface area contributed by atoms with E-state index in [0.717, 1.165) is 16.0 Å². The number of amides is 1. The largest absolute Gasteiger partial charge is 0.444 e. The topological polar surface area (TPSA) is 77.0 Å². The summed E-state index contributed by atoms with van der Waals surface area (Å²) >= 11 is 1.53. The van der Waals surface area contributed by atoms with Gasteiger partial charge in [-0.3, -0.25) is 0 Å². The van der Waals surface area contributed by atoms with Crippen LogP contribution in [0.2, 0.25) is 0 Å². The molecule has 2 bridgehead atoms. The van der Waals surface area contributed by atoms with Gasteiger partial charge in [0.2, 0.25) is 0 Å². The number of carbonyl (C=O) groups is 1. The minimum Gasteiger partial charge on any atom is -0.444 e. The molecule has 2 aromatic heterocycles. The van der Waals surface area contributed by atoms with E-state index < -0.39 is 11.7 Å². The van der Waals surface area contributed by atoms with Gasteiger partial charge in [0.05, 0.1) is 17.7 Å². The van der Waals surface area contributed by atoms with Crippen molar-refractivity contribution in [3.8, 4) is 0 Å². The van der Waals surface area contributed by atoms with Gasteiger partial charge >= 0.3 is 6.09 Å². The van der Waals surface area contributed by atoms with Crippen molar-refractivity contribution in [1.82, 2.24) is 20.3 Å². The first-order valence-electron chi connectivity index (χ1n) is 9.20. The molecule has 0 radical (unpaired) electrons. The summed E-state index contributed by atoms with van der Waals surface area (Å²) in [6.45, 7) is 10.4. The molecule has 5 rings (SSSR count). The van der Waals surface area contributed by atoms with E-state index in [9.17, 15) is 4.79 Å². The Balaban J connectivity index is 1.54. The average molecular weight is 375 g/mol. The maximum absolute atomic E-state index is 11.9. The van der Waals surface area contributed by atoms with Crippen LogP contribution in [-0.2, 0) is 16.7 Å². The van der Waals surface area contributed by atoms with Crippen molar-refractivity contribution in [3.05, 3.63) is 17.0 Å². The highest BCUT2D eigenvalue weighted by Gasteiger charge is 2.70. The Bertz CT molecular complexity index is 848. The summed E-state index contributed by atoms with van der Waals surface area (Å²) in [5.41, 5.74) is 4.00. The monoisotopic (exact) mass is 374 g/mol. The molecule has 0 aromatic carbocycles. The predicted molar refractivity (Wildman–Crippen MR) is 101 cm³/mol. The number of aromatic nitrogens is 3. The Morgan fingerprint density at radius 2 is 2.00 bits per heavy atom. The summed E-state index contributed by atoms with van der Waals surface area (Å²) in [4.78, 5) is 26.8. The smallest absolute Gasteiger partial charge is 0.408 e. The summed E-state index contributed by atoms with van der Waals surface area (Å²) < 4.78 is 5.29. The molecule has 7 heteroatoms. The lowest BCUT2D eigenvalue weighted by atomic mass is 9.31. The van der Waals surface area contributed by atoms with Crippen molar-refractivity contribution in [2.24, 2.45) is 11.3 Å². The second kappa shape index (κ2) is 5.62. The van der Waals surface area contributed by atoms with Gasteiger partial charge in [0.25, 0.3) is 0 Å². The first kappa shape index (κ1) is 17.6. The zero-order valence-corrected chi connectivity index (χ0v) is 16.9. The SMILES string of the molecule is CC(C)C12CC(c3nc(CNC(=O)OC(C)(C)C)nc4scnc34)(C1)C2. The van der Waals surface area contributed by atoms with Gasteiger partial charge < -0.3 is 10.1 Å². The van der Waals surface area contributed by atoms with Crippen LogP contribution in [-0.4, -0.2) is 26.6 Å². The van der Waals surface area contributed by atoms with Crippen LogP contribution in [0.4, 0.5) is 4.79 Å². The van der Waals surface area contributed by atoms with E-state index in [1.807, 2.05) is 26.3 Å². The molecule has 3 aliphatic rings. The average Bonchev–Trinajstić information content (AvgIpc) is 2.88. The Hall–Kier alpha value is -1.76. The molecule has 3 aliphatic carbocycles. The number of carbonyl (C=O) groups excluding carboxylic acids is 1. The third-order valence-corrected chi connectivity index (χ3v) is 6.55. The maximum atomic E-state index is 11.9. The predicted octanol–water partition coefficient (Wildman–Crippen LogP) is 4.19. The van der Waals surface area contributed by atoms with Crippen molar-refractivity contribution in [2.45, 2.75) is 71.4 Å². The molecular formula is C19H26N4O2S. The second-order valence-electron chi connectivity index (χ2n) is 9.18. The molecule has 140 valence electrons. The Morgan fingerprint density at radius 3 is 2.62 bits per heavy atom. The van der Waals surface area contributed by atoms with E-state index in [0.29, 0.717) is 17.2 Å². The lowest BCUT2D eigenvalue weighted by Gasteiger charge is -2.72. The van der Waals surface area contributed by atoms with Gasteiger partial charge in [0.1, 0.15) is 21.8 Å². The molecule has 6 nitrogen and oxygen atoms in total. The van der Waals surface area contributed by atoms with E-state index in [1.165, 1.54) is 30.6 Å². The summed E-state index contributed by atoms with van der Waals surface area (Å²) in [6, 6.07) is 0. The van der Waals surface area contributed by atoms with Crippen LogP contribution in [0.1, 0.15) is 65.4 Å². The van der Waals surface area contributed by atoms with Gasteiger partial charge in [0, 0.05) is 5.41 Å². The van der Waals surface area contributed by atoms with Gasteiger partial charge in [-0.15, -0.1) is 11.3 Å². The second-order valence-corrected chi connectivity index (χ2v) is 10.0. The quantitative estimate of drug-likeness (QED) is 0.868. The lowest BCUT2D eigenvalue weighted by molar-refractivity contribution is -0.174. The van der Waals surface area contributed by atoms with Gasteiger partial charge in [-0.05, 0) is 51.4 Å². The minimum atomic E-state index is -0.519. The summed E-state index contributed by atoms with van der Waals surface area (Å²) in [7, 11) is 0. The van der Waals surface area contributed by atoms with E-state index in [4.69, 9.17) is 9.72 Å². The Labute approximate surface area is 157 Å². The van der Waals surface area contributed by atoms with Gasteiger partial charge in [-0.2, -0.15) is 0 Å². The molecule has 1 N–H and O–H groups in total. The van der Waals surface area contributed by atoms with Crippen LogP contribution in [0.15, 0.2) is 5.51 Å². The van der Waals surface area contributed by atoms with Crippen molar-refractivity contribution in [3.63, 3.8) is 0 Å². The van der Waals surface area contributed by atoms with Crippen molar-refractivity contribution in [2.75, 3.05) is 0 Å². The number of hydrogen-bond acceptors (Lipinski definition) is 6. The maximum Gasteiger partial charge on any atom is 0.408 e. The molecule has 3 fully saturated rings. The van der Waals surface area contributed by atoms with Gasteiger partial charge in [-0.25, -0.2) is 19.7 Å². The highest BCUT2D eigenvalue weighted by molar-refractivity contribution is 7.16. The number of alkyl carbamates (subject to hydrolysis) is 1. The van der Waals surface area contributed by atoms with Crippen LogP contribution in [0, 0.1) is 11.3 Å². The first-order valence-corrected chi connectivity index (χ1v) is 10.1. The summed E-state index contributed by atoms with van der Waals surface area (Å²) in [5, 5.41) is 2.76. The Kier molecular flexibility index (Phi) is 3.81. The van der Waals surface area contributed by atoms with E-state index in [2.05, 4.69) is 29.1 Å². The van der Waals surface area contributed by atoms with Crippen LogP contribution in [0.25, 0.3) is 10.3 Å². The van der Waals surface area contributed by atoms with E-state index >= 15 is 0 Å². The molecule has 2 aromatic rings. The third-order valence-electron chi connectivity index (χ3n) is 5.83. The Morgan fingerprint density at radius 1 is 1.31 bits per heavy atom. The molecule has 0 aliphatic heterocycles. The molecule has 0 atom stereocenters. The number of hydrogen-bond donors (Lipinski definition) is 1. The molecular weight excluding hydrogens is 348 g/mol. The number of thiazole rings is 1. The summed E-state index contributed by atoms with van der Waals surface area (Å²) in [6.07, 6.45) is 3.14. The van der Waals surface area contributed by atoms with Gasteiger partial charge in [0.15, 0.2) is 0 Å². The third kappa shape index (κ3) is 2.76. The molecule has 1 amide bonds. The molecule has 3 saturated carbocycles. The highest BCUT2D eigenvalue weighted by Crippen LogP contribution is 2.76. The van der Waals surface area contributed by atoms with E-state index in [-0.39, 0.29) is 12.0 Å². The van der Waals surface area contributed by atoms with Crippen LogP contribution in [0.5, 0.6) is 0 Å². The number of nitrogens with one attached hydrogen (secondary N) is 1. The van der Waals surface area contributed by atoms with Crippen molar-refractivity contribution < 1.29 is 9.53 Å². The highest BCUT2D eigenvalue weighted by atomic mass is 32.1. The number of rotatable bonds is 4. The fourth-order valence-electron chi connectivity index (χ4n) is 4.45. The lowest BCUT2D eigenvalue weighted by Crippen LogP contribution is -2.67. The molecule has 2 heterocycles. The van der Waals surface area contributed by atoms with E-state index in [1.54, 1.807) is 0 Å². The van der Waals surface area contributed by atoms with Crippen molar-refractivity contribution in [1.29, 1.82) is 0 Å². The van der Waals surface area contributed by atoms with Crippen LogP contribution < -0.4 is 5.32 Å². The zero-order valence-electron chi connectivity index (χ0n) is 16.0. The summed E-state index contributed by atoms with van der Waals surface area (Å²) in [5.74, 6) is 1.34. The molecule has 0 saturated heterocycles.